The summed E-state index contributed by atoms with van der Waals surface area (Å²) in [5, 5.41) is 17.2. The van der Waals surface area contributed by atoms with Gasteiger partial charge in [-0.2, -0.15) is 14.6 Å². The van der Waals surface area contributed by atoms with Crippen LogP contribution in [-0.2, 0) is 19.9 Å². The van der Waals surface area contributed by atoms with Crippen LogP contribution in [0.4, 0.5) is 5.95 Å². The Labute approximate surface area is 134 Å². The fourth-order valence-corrected chi connectivity index (χ4v) is 2.98. The van der Waals surface area contributed by atoms with Gasteiger partial charge in [0, 0.05) is 26.6 Å². The average molecular weight is 312 g/mol. The second kappa shape index (κ2) is 5.60. The van der Waals surface area contributed by atoms with Gasteiger partial charge in [0.25, 0.3) is 0 Å². The van der Waals surface area contributed by atoms with Gasteiger partial charge >= 0.3 is 0 Å². The lowest BCUT2D eigenvalue weighted by Crippen LogP contribution is -2.19. The zero-order valence-corrected chi connectivity index (χ0v) is 13.5. The highest BCUT2D eigenvalue weighted by Crippen LogP contribution is 2.16. The van der Waals surface area contributed by atoms with E-state index < -0.39 is 0 Å². The van der Waals surface area contributed by atoms with Gasteiger partial charge in [-0.1, -0.05) is 0 Å². The number of fused-ring (bicyclic) bond motifs is 1. The minimum absolute atomic E-state index is 0.779. The SMILES string of the molecule is Cc1nnc2ccc(CCc3nc(N4CCCC4)nn3C)nn12. The van der Waals surface area contributed by atoms with Crippen LogP contribution < -0.4 is 4.90 Å². The number of nitrogens with zero attached hydrogens (tertiary/aromatic N) is 8. The van der Waals surface area contributed by atoms with Gasteiger partial charge in [0.2, 0.25) is 5.95 Å². The van der Waals surface area contributed by atoms with Crippen LogP contribution in [-0.4, -0.2) is 47.7 Å². The van der Waals surface area contributed by atoms with Crippen LogP contribution in [0.25, 0.3) is 5.65 Å². The largest absolute Gasteiger partial charge is 0.340 e. The molecule has 0 N–H and O–H groups in total. The van der Waals surface area contributed by atoms with Crippen LogP contribution in [0.5, 0.6) is 0 Å². The van der Waals surface area contributed by atoms with Gasteiger partial charge in [-0.05, 0) is 38.3 Å². The van der Waals surface area contributed by atoms with E-state index in [2.05, 4.69) is 25.3 Å². The molecule has 0 unspecified atom stereocenters. The van der Waals surface area contributed by atoms with E-state index in [0.717, 1.165) is 54.9 Å². The molecule has 4 rings (SSSR count). The van der Waals surface area contributed by atoms with Crippen molar-refractivity contribution in [2.75, 3.05) is 18.0 Å². The molecule has 3 aromatic rings. The molecule has 0 amide bonds. The first-order chi connectivity index (χ1) is 11.2. The molecule has 0 saturated carbocycles. The maximum absolute atomic E-state index is 4.70. The fourth-order valence-electron chi connectivity index (χ4n) is 2.98. The van der Waals surface area contributed by atoms with E-state index in [4.69, 9.17) is 4.98 Å². The van der Waals surface area contributed by atoms with E-state index in [1.54, 1.807) is 4.52 Å². The summed E-state index contributed by atoms with van der Waals surface area (Å²) in [6, 6.07) is 3.95. The lowest BCUT2D eigenvalue weighted by Gasteiger charge is -2.10. The molecule has 8 heteroatoms. The van der Waals surface area contributed by atoms with Crippen molar-refractivity contribution in [3.63, 3.8) is 0 Å². The molecule has 1 aliphatic rings. The first-order valence-corrected chi connectivity index (χ1v) is 8.03. The Balaban J connectivity index is 1.50. The summed E-state index contributed by atoms with van der Waals surface area (Å²) >= 11 is 0. The zero-order valence-electron chi connectivity index (χ0n) is 13.5. The normalized spacial score (nSPS) is 15.0. The molecule has 0 atom stereocenters. The summed E-state index contributed by atoms with van der Waals surface area (Å²) in [7, 11) is 1.96. The summed E-state index contributed by atoms with van der Waals surface area (Å²) in [6.45, 7) is 4.03. The van der Waals surface area contributed by atoms with Crippen molar-refractivity contribution in [3.05, 3.63) is 29.5 Å². The molecule has 4 heterocycles. The summed E-state index contributed by atoms with van der Waals surface area (Å²) in [6.07, 6.45) is 4.10. The maximum atomic E-state index is 4.70. The Morgan fingerprint density at radius 1 is 1.04 bits per heavy atom. The van der Waals surface area contributed by atoms with E-state index >= 15 is 0 Å². The quantitative estimate of drug-likeness (QED) is 0.714. The Morgan fingerprint density at radius 3 is 2.70 bits per heavy atom. The lowest BCUT2D eigenvalue weighted by atomic mass is 10.2. The third-order valence-corrected chi connectivity index (χ3v) is 4.31. The van der Waals surface area contributed by atoms with Crippen LogP contribution in [0.2, 0.25) is 0 Å². The molecule has 0 bridgehead atoms. The molecular weight excluding hydrogens is 292 g/mol. The molecular formula is C15H20N8. The number of aromatic nitrogens is 7. The van der Waals surface area contributed by atoms with Gasteiger partial charge in [-0.15, -0.1) is 15.3 Å². The molecule has 1 saturated heterocycles. The highest BCUT2D eigenvalue weighted by atomic mass is 15.4. The first-order valence-electron chi connectivity index (χ1n) is 8.03. The molecule has 1 fully saturated rings. The van der Waals surface area contributed by atoms with Crippen LogP contribution in [0.15, 0.2) is 12.1 Å². The van der Waals surface area contributed by atoms with Crippen molar-refractivity contribution in [1.82, 2.24) is 34.6 Å². The molecule has 0 radical (unpaired) electrons. The van der Waals surface area contributed by atoms with Crippen molar-refractivity contribution in [1.29, 1.82) is 0 Å². The van der Waals surface area contributed by atoms with Crippen molar-refractivity contribution in [2.45, 2.75) is 32.6 Å². The number of hydrogen-bond donors (Lipinski definition) is 0. The second-order valence-electron chi connectivity index (χ2n) is 5.99. The Kier molecular flexibility index (Phi) is 3.44. The monoisotopic (exact) mass is 312 g/mol. The molecule has 8 nitrogen and oxygen atoms in total. The zero-order chi connectivity index (χ0) is 15.8. The summed E-state index contributed by atoms with van der Waals surface area (Å²) in [4.78, 5) is 6.95. The predicted octanol–water partition coefficient (Wildman–Crippen LogP) is 0.947. The molecule has 120 valence electrons. The topological polar surface area (TPSA) is 77.0 Å². The third kappa shape index (κ3) is 2.64. The average Bonchev–Trinajstić information content (AvgIpc) is 3.27. The molecule has 0 spiro atoms. The maximum Gasteiger partial charge on any atom is 0.244 e. The summed E-state index contributed by atoms with van der Waals surface area (Å²) in [5.74, 6) is 2.66. The lowest BCUT2D eigenvalue weighted by molar-refractivity contribution is 0.681. The van der Waals surface area contributed by atoms with Crippen LogP contribution in [0.3, 0.4) is 0 Å². The summed E-state index contributed by atoms with van der Waals surface area (Å²) in [5.41, 5.74) is 1.78. The highest BCUT2D eigenvalue weighted by Gasteiger charge is 2.18. The van der Waals surface area contributed by atoms with Crippen LogP contribution in [0.1, 0.15) is 30.2 Å². The van der Waals surface area contributed by atoms with E-state index in [9.17, 15) is 0 Å². The molecule has 23 heavy (non-hydrogen) atoms. The van der Waals surface area contributed by atoms with Gasteiger partial charge in [-0.25, -0.2) is 0 Å². The van der Waals surface area contributed by atoms with Gasteiger partial charge in [0.1, 0.15) is 5.82 Å². The second-order valence-corrected chi connectivity index (χ2v) is 5.99. The molecule has 3 aromatic heterocycles. The van der Waals surface area contributed by atoms with Crippen molar-refractivity contribution < 1.29 is 0 Å². The Bertz CT molecular complexity index is 827. The van der Waals surface area contributed by atoms with Crippen molar-refractivity contribution in [3.8, 4) is 0 Å². The van der Waals surface area contributed by atoms with Crippen molar-refractivity contribution in [2.24, 2.45) is 7.05 Å². The minimum Gasteiger partial charge on any atom is -0.340 e. The number of hydrogen-bond acceptors (Lipinski definition) is 6. The van der Waals surface area contributed by atoms with E-state index in [1.165, 1.54) is 12.8 Å². The van der Waals surface area contributed by atoms with Gasteiger partial charge in [-0.3, -0.25) is 4.68 Å². The van der Waals surface area contributed by atoms with E-state index in [1.807, 2.05) is 30.8 Å². The highest BCUT2D eigenvalue weighted by molar-refractivity contribution is 5.36. The fraction of sp³-hybridized carbons (Fsp3) is 0.533. The number of aryl methyl sites for hydroxylation is 4. The minimum atomic E-state index is 0.779. The Hall–Kier alpha value is -2.51. The predicted molar refractivity (Wildman–Crippen MR) is 85.4 cm³/mol. The van der Waals surface area contributed by atoms with Gasteiger partial charge in [0.15, 0.2) is 11.5 Å². The van der Waals surface area contributed by atoms with E-state index in [0.29, 0.717) is 0 Å². The number of anilines is 1. The van der Waals surface area contributed by atoms with E-state index in [-0.39, 0.29) is 0 Å². The van der Waals surface area contributed by atoms with Crippen LogP contribution in [0, 0.1) is 6.92 Å². The first kappa shape index (κ1) is 14.1. The molecule has 0 aliphatic carbocycles. The Morgan fingerprint density at radius 2 is 1.87 bits per heavy atom. The van der Waals surface area contributed by atoms with Crippen LogP contribution >= 0.6 is 0 Å². The van der Waals surface area contributed by atoms with Gasteiger partial charge in [0.05, 0.1) is 5.69 Å². The summed E-state index contributed by atoms with van der Waals surface area (Å²) < 4.78 is 3.66. The number of rotatable bonds is 4. The van der Waals surface area contributed by atoms with Gasteiger partial charge < -0.3 is 4.90 Å². The standard InChI is InChI=1S/C15H20N8/c1-11-17-18-14-8-6-12(19-23(11)14)5-7-13-16-15(20-21(13)2)22-9-3-4-10-22/h6,8H,3-5,7,9-10H2,1-2H3. The molecule has 0 aromatic carbocycles. The smallest absolute Gasteiger partial charge is 0.244 e. The third-order valence-electron chi connectivity index (χ3n) is 4.31. The van der Waals surface area contributed by atoms with Crippen molar-refractivity contribution >= 4 is 11.6 Å². The molecule has 1 aliphatic heterocycles.